The molecule has 7 nitrogen and oxygen atoms in total. The zero-order valence-corrected chi connectivity index (χ0v) is 11.9. The largest absolute Gasteiger partial charge is 0.465 e. The second kappa shape index (κ2) is 5.66. The number of carbonyl (C=O) groups is 1. The number of methoxy groups -OCH3 is 1. The summed E-state index contributed by atoms with van der Waals surface area (Å²) in [5, 5.41) is 3.00. The van der Waals surface area contributed by atoms with Crippen LogP contribution >= 0.6 is 0 Å². The van der Waals surface area contributed by atoms with Crippen molar-refractivity contribution in [2.75, 3.05) is 29.7 Å². The van der Waals surface area contributed by atoms with Crippen molar-refractivity contribution in [3.63, 3.8) is 0 Å². The van der Waals surface area contributed by atoms with Crippen molar-refractivity contribution in [2.45, 2.75) is 18.9 Å². The van der Waals surface area contributed by atoms with Crippen LogP contribution in [0.25, 0.3) is 0 Å². The quantitative estimate of drug-likeness (QED) is 0.779. The number of hydrogen-bond donors (Lipinski definition) is 2. The Morgan fingerprint density at radius 1 is 1.55 bits per heavy atom. The van der Waals surface area contributed by atoms with Gasteiger partial charge in [0.1, 0.15) is 11.4 Å². The third-order valence-corrected chi connectivity index (χ3v) is 4.94. The number of nitrogens with zero attached hydrogens (tertiary/aromatic N) is 1. The van der Waals surface area contributed by atoms with Gasteiger partial charge < -0.3 is 15.8 Å². The number of esters is 1. The van der Waals surface area contributed by atoms with Crippen molar-refractivity contribution in [1.29, 1.82) is 0 Å². The van der Waals surface area contributed by atoms with E-state index in [9.17, 15) is 13.2 Å². The van der Waals surface area contributed by atoms with Crippen molar-refractivity contribution in [3.8, 4) is 0 Å². The van der Waals surface area contributed by atoms with Crippen LogP contribution in [-0.2, 0) is 14.6 Å². The highest BCUT2D eigenvalue weighted by atomic mass is 32.2. The summed E-state index contributed by atoms with van der Waals surface area (Å²) in [6.07, 6.45) is 2.72. The minimum atomic E-state index is -3.03. The normalized spacial score (nSPS) is 21.1. The molecule has 20 heavy (non-hydrogen) atoms. The molecule has 110 valence electrons. The molecule has 1 aromatic rings. The van der Waals surface area contributed by atoms with Gasteiger partial charge in [-0.25, -0.2) is 18.2 Å². The first-order valence-corrected chi connectivity index (χ1v) is 8.04. The summed E-state index contributed by atoms with van der Waals surface area (Å²) >= 11 is 0. The maximum Gasteiger partial charge on any atom is 0.341 e. The Bertz CT molecular complexity index is 615. The van der Waals surface area contributed by atoms with Gasteiger partial charge in [-0.2, -0.15) is 0 Å². The summed E-state index contributed by atoms with van der Waals surface area (Å²) in [6, 6.07) is 1.20. The summed E-state index contributed by atoms with van der Waals surface area (Å²) in [6.45, 7) is 0. The van der Waals surface area contributed by atoms with Crippen LogP contribution in [-0.4, -0.2) is 44.0 Å². The Morgan fingerprint density at radius 3 is 2.95 bits per heavy atom. The zero-order valence-electron chi connectivity index (χ0n) is 11.1. The summed E-state index contributed by atoms with van der Waals surface area (Å²) in [4.78, 5) is 15.7. The number of pyridine rings is 1. The van der Waals surface area contributed by atoms with Gasteiger partial charge in [-0.05, 0) is 18.9 Å². The number of carbonyl (C=O) groups excluding carboxylic acids is 1. The number of nitrogens with two attached hydrogens (primary N) is 1. The number of rotatable bonds is 3. The monoisotopic (exact) mass is 299 g/mol. The van der Waals surface area contributed by atoms with Crippen LogP contribution in [0, 0.1) is 0 Å². The van der Waals surface area contributed by atoms with Crippen molar-refractivity contribution >= 4 is 27.3 Å². The Hall–Kier alpha value is -1.83. The molecule has 0 spiro atoms. The summed E-state index contributed by atoms with van der Waals surface area (Å²) in [7, 11) is -1.77. The van der Waals surface area contributed by atoms with Gasteiger partial charge in [-0.3, -0.25) is 0 Å². The van der Waals surface area contributed by atoms with Gasteiger partial charge >= 0.3 is 5.97 Å². The fourth-order valence-electron chi connectivity index (χ4n) is 2.19. The van der Waals surface area contributed by atoms with E-state index in [4.69, 9.17) is 5.73 Å². The molecule has 8 heteroatoms. The number of nitrogen functional groups attached to an aromatic ring is 1. The molecule has 1 aliphatic rings. The van der Waals surface area contributed by atoms with Crippen LogP contribution in [0.3, 0.4) is 0 Å². The maximum absolute atomic E-state index is 11.7. The van der Waals surface area contributed by atoms with E-state index >= 15 is 0 Å². The Kier molecular flexibility index (Phi) is 4.12. The lowest BCUT2D eigenvalue weighted by atomic mass is 10.1. The van der Waals surface area contributed by atoms with Crippen molar-refractivity contribution < 1.29 is 17.9 Å². The van der Waals surface area contributed by atoms with Gasteiger partial charge in [0, 0.05) is 6.04 Å². The number of sulfone groups is 1. The molecule has 0 bridgehead atoms. The Labute approximate surface area is 117 Å². The van der Waals surface area contributed by atoms with Crippen LogP contribution in [0.1, 0.15) is 23.2 Å². The van der Waals surface area contributed by atoms with Gasteiger partial charge in [0.05, 0.1) is 30.5 Å². The highest BCUT2D eigenvalue weighted by Crippen LogP contribution is 2.21. The fraction of sp³-hybridized carbons (Fsp3) is 0.500. The van der Waals surface area contributed by atoms with Gasteiger partial charge in [0.15, 0.2) is 9.84 Å². The van der Waals surface area contributed by atoms with Crippen molar-refractivity contribution in [1.82, 2.24) is 4.98 Å². The second-order valence-electron chi connectivity index (χ2n) is 4.75. The number of hydrogen-bond acceptors (Lipinski definition) is 7. The van der Waals surface area contributed by atoms with Crippen LogP contribution in [0.2, 0.25) is 0 Å². The molecule has 0 aromatic carbocycles. The van der Waals surface area contributed by atoms with Crippen molar-refractivity contribution in [3.05, 3.63) is 17.8 Å². The molecule has 2 rings (SSSR count). The summed E-state index contributed by atoms with van der Waals surface area (Å²) in [5.74, 6) is -0.0109. The molecule has 1 aliphatic heterocycles. The van der Waals surface area contributed by atoms with Crippen LogP contribution in [0.5, 0.6) is 0 Å². The molecule has 1 atom stereocenters. The second-order valence-corrected chi connectivity index (χ2v) is 6.98. The number of ether oxygens (including phenoxy) is 1. The third-order valence-electron chi connectivity index (χ3n) is 3.12. The lowest BCUT2D eigenvalue weighted by Crippen LogP contribution is -2.35. The highest BCUT2D eigenvalue weighted by Gasteiger charge is 2.26. The Balaban J connectivity index is 2.23. The standard InChI is InChI=1S/C12H17N3O4S/c1-19-12(16)10-5-8(13)6-14-11(10)15-9-3-2-4-20(17,18)7-9/h5-6,9H,2-4,7,13H2,1H3,(H,14,15). The molecule has 1 saturated heterocycles. The molecule has 0 amide bonds. The maximum atomic E-state index is 11.7. The predicted molar refractivity (Wildman–Crippen MR) is 75.3 cm³/mol. The number of anilines is 2. The predicted octanol–water partition coefficient (Wildman–Crippen LogP) is 0.440. The molecule has 3 N–H and O–H groups in total. The summed E-state index contributed by atoms with van der Waals surface area (Å²) < 4.78 is 27.9. The van der Waals surface area contributed by atoms with E-state index in [0.29, 0.717) is 24.3 Å². The summed E-state index contributed by atoms with van der Waals surface area (Å²) in [5.41, 5.74) is 6.15. The minimum absolute atomic E-state index is 0.0413. The van der Waals surface area contributed by atoms with Crippen LogP contribution in [0.15, 0.2) is 12.3 Å². The van der Waals surface area contributed by atoms with E-state index in [1.54, 1.807) is 0 Å². The number of aromatic nitrogens is 1. The van der Waals surface area contributed by atoms with E-state index in [2.05, 4.69) is 15.0 Å². The lowest BCUT2D eigenvalue weighted by molar-refractivity contribution is 0.0601. The minimum Gasteiger partial charge on any atom is -0.465 e. The Morgan fingerprint density at radius 2 is 2.30 bits per heavy atom. The molecular weight excluding hydrogens is 282 g/mol. The van der Waals surface area contributed by atoms with E-state index in [1.807, 2.05) is 0 Å². The van der Waals surface area contributed by atoms with E-state index in [0.717, 1.165) is 0 Å². The molecule has 1 aromatic heterocycles. The molecule has 0 saturated carbocycles. The third kappa shape index (κ3) is 3.38. The van der Waals surface area contributed by atoms with E-state index in [1.165, 1.54) is 19.4 Å². The lowest BCUT2D eigenvalue weighted by Gasteiger charge is -2.24. The fourth-order valence-corrected chi connectivity index (χ4v) is 3.83. The van der Waals surface area contributed by atoms with E-state index in [-0.39, 0.29) is 23.1 Å². The molecular formula is C12H17N3O4S. The molecule has 2 heterocycles. The zero-order chi connectivity index (χ0) is 14.8. The molecule has 0 radical (unpaired) electrons. The van der Waals surface area contributed by atoms with Gasteiger partial charge in [0.2, 0.25) is 0 Å². The topological polar surface area (TPSA) is 111 Å². The average molecular weight is 299 g/mol. The van der Waals surface area contributed by atoms with Crippen molar-refractivity contribution in [2.24, 2.45) is 0 Å². The first kappa shape index (κ1) is 14.6. The van der Waals surface area contributed by atoms with Crippen LogP contribution in [0.4, 0.5) is 11.5 Å². The van der Waals surface area contributed by atoms with Gasteiger partial charge in [-0.15, -0.1) is 0 Å². The molecule has 1 unspecified atom stereocenters. The molecule has 1 fully saturated rings. The van der Waals surface area contributed by atoms with Gasteiger partial charge in [0.25, 0.3) is 0 Å². The highest BCUT2D eigenvalue weighted by molar-refractivity contribution is 7.91. The van der Waals surface area contributed by atoms with Gasteiger partial charge in [-0.1, -0.05) is 0 Å². The SMILES string of the molecule is COC(=O)c1cc(N)cnc1NC1CCCS(=O)(=O)C1. The van der Waals surface area contributed by atoms with E-state index < -0.39 is 15.8 Å². The smallest absolute Gasteiger partial charge is 0.341 e. The molecule has 0 aliphatic carbocycles. The first-order chi connectivity index (χ1) is 9.41. The average Bonchev–Trinajstić information content (AvgIpc) is 2.39. The first-order valence-electron chi connectivity index (χ1n) is 6.22. The number of nitrogens with one attached hydrogen (secondary N) is 1. The van der Waals surface area contributed by atoms with Crippen LogP contribution < -0.4 is 11.1 Å².